The van der Waals surface area contributed by atoms with E-state index in [1.807, 2.05) is 0 Å². The Labute approximate surface area is 154 Å². The zero-order valence-electron chi connectivity index (χ0n) is 14.1. The van der Waals surface area contributed by atoms with Gasteiger partial charge in [0.25, 0.3) is 5.91 Å². The minimum absolute atomic E-state index is 0.0697. The summed E-state index contributed by atoms with van der Waals surface area (Å²) in [4.78, 5) is 17.2. The SMILES string of the molecule is Cc1nc2cc(NC(=O)c3sccc3S(=O)(=O)N3CCCC3)ccc2o1. The Balaban J connectivity index is 1.61. The summed E-state index contributed by atoms with van der Waals surface area (Å²) in [6.45, 7) is 2.75. The predicted molar refractivity (Wildman–Crippen MR) is 99.0 cm³/mol. The molecule has 0 saturated carbocycles. The van der Waals surface area contributed by atoms with Crippen LogP contribution in [0.5, 0.6) is 0 Å². The Hall–Kier alpha value is -2.23. The first-order valence-corrected chi connectivity index (χ1v) is 10.5. The van der Waals surface area contributed by atoms with E-state index < -0.39 is 15.9 Å². The van der Waals surface area contributed by atoms with Crippen molar-refractivity contribution in [1.29, 1.82) is 0 Å². The minimum Gasteiger partial charge on any atom is -0.441 e. The Morgan fingerprint density at radius 3 is 2.81 bits per heavy atom. The maximum Gasteiger partial charge on any atom is 0.267 e. The van der Waals surface area contributed by atoms with Gasteiger partial charge in [0.05, 0.1) is 0 Å². The second-order valence-corrected chi connectivity index (χ2v) is 8.92. The minimum atomic E-state index is -3.64. The lowest BCUT2D eigenvalue weighted by Crippen LogP contribution is -2.29. The van der Waals surface area contributed by atoms with E-state index in [0.717, 1.165) is 24.2 Å². The van der Waals surface area contributed by atoms with Gasteiger partial charge in [-0.1, -0.05) is 0 Å². The quantitative estimate of drug-likeness (QED) is 0.737. The third-order valence-electron chi connectivity index (χ3n) is 4.27. The normalized spacial score (nSPS) is 15.6. The number of nitrogens with one attached hydrogen (secondary N) is 1. The number of carbonyl (C=O) groups excluding carboxylic acids is 1. The van der Waals surface area contributed by atoms with Crippen molar-refractivity contribution in [3.63, 3.8) is 0 Å². The van der Waals surface area contributed by atoms with Gasteiger partial charge in [-0.15, -0.1) is 11.3 Å². The van der Waals surface area contributed by atoms with E-state index in [4.69, 9.17) is 4.42 Å². The average Bonchev–Trinajstić information content (AvgIpc) is 3.34. The first kappa shape index (κ1) is 17.2. The average molecular weight is 391 g/mol. The van der Waals surface area contributed by atoms with E-state index in [9.17, 15) is 13.2 Å². The van der Waals surface area contributed by atoms with E-state index >= 15 is 0 Å². The number of benzene rings is 1. The summed E-state index contributed by atoms with van der Waals surface area (Å²) in [5.41, 5.74) is 1.80. The maximum atomic E-state index is 12.8. The predicted octanol–water partition coefficient (Wildman–Crippen LogP) is 3.23. The van der Waals surface area contributed by atoms with E-state index in [-0.39, 0.29) is 9.77 Å². The van der Waals surface area contributed by atoms with Gasteiger partial charge in [-0.05, 0) is 42.5 Å². The molecule has 1 saturated heterocycles. The Bertz CT molecular complexity index is 1080. The first-order valence-electron chi connectivity index (χ1n) is 8.21. The lowest BCUT2D eigenvalue weighted by Gasteiger charge is -2.15. The number of aromatic nitrogens is 1. The van der Waals surface area contributed by atoms with Gasteiger partial charge >= 0.3 is 0 Å². The van der Waals surface area contributed by atoms with Crippen LogP contribution in [0.2, 0.25) is 0 Å². The van der Waals surface area contributed by atoms with Crippen LogP contribution in [-0.4, -0.2) is 36.7 Å². The standard InChI is InChI=1S/C17H17N3O4S2/c1-11-18-13-10-12(4-5-14(13)24-11)19-17(21)16-15(6-9-25-16)26(22,23)20-7-2-3-8-20/h4-6,9-10H,2-3,7-8H2,1H3,(H,19,21). The molecule has 1 aliphatic rings. The molecule has 9 heteroatoms. The van der Waals surface area contributed by atoms with Crippen LogP contribution in [0.25, 0.3) is 11.1 Å². The largest absolute Gasteiger partial charge is 0.441 e. The molecule has 1 aliphatic heterocycles. The van der Waals surface area contributed by atoms with Crippen LogP contribution in [0, 0.1) is 6.92 Å². The van der Waals surface area contributed by atoms with E-state index in [2.05, 4.69) is 10.3 Å². The number of oxazole rings is 1. The summed E-state index contributed by atoms with van der Waals surface area (Å²) in [6, 6.07) is 6.62. The smallest absolute Gasteiger partial charge is 0.267 e. The lowest BCUT2D eigenvalue weighted by molar-refractivity contribution is 0.102. The molecule has 0 aliphatic carbocycles. The number of fused-ring (bicyclic) bond motifs is 1. The fourth-order valence-electron chi connectivity index (χ4n) is 3.04. The van der Waals surface area contributed by atoms with Crippen LogP contribution in [0.15, 0.2) is 39.0 Å². The molecule has 0 bridgehead atoms. The highest BCUT2D eigenvalue weighted by molar-refractivity contribution is 7.89. The van der Waals surface area contributed by atoms with Crippen LogP contribution < -0.4 is 5.32 Å². The lowest BCUT2D eigenvalue weighted by atomic mass is 10.3. The summed E-state index contributed by atoms with van der Waals surface area (Å²) in [6.07, 6.45) is 1.70. The molecule has 4 rings (SSSR count). The van der Waals surface area contributed by atoms with Gasteiger partial charge in [0, 0.05) is 25.7 Å². The van der Waals surface area contributed by atoms with E-state index in [1.165, 1.54) is 10.4 Å². The molecule has 0 atom stereocenters. The number of aryl methyl sites for hydroxylation is 1. The summed E-state index contributed by atoms with van der Waals surface area (Å²) in [5, 5.41) is 4.38. The molecule has 1 fully saturated rings. The molecule has 3 heterocycles. The van der Waals surface area contributed by atoms with Crippen LogP contribution in [0.1, 0.15) is 28.4 Å². The summed E-state index contributed by atoms with van der Waals surface area (Å²) in [7, 11) is -3.64. The summed E-state index contributed by atoms with van der Waals surface area (Å²) >= 11 is 1.12. The number of sulfonamides is 1. The summed E-state index contributed by atoms with van der Waals surface area (Å²) < 4.78 is 32.4. The highest BCUT2D eigenvalue weighted by Crippen LogP contribution is 2.29. The molecule has 3 aromatic rings. The maximum absolute atomic E-state index is 12.8. The van der Waals surface area contributed by atoms with Gasteiger partial charge in [0.15, 0.2) is 11.5 Å². The molecular weight excluding hydrogens is 374 g/mol. The Morgan fingerprint density at radius 2 is 2.04 bits per heavy atom. The highest BCUT2D eigenvalue weighted by Gasteiger charge is 2.31. The van der Waals surface area contributed by atoms with Gasteiger partial charge in [-0.3, -0.25) is 4.79 Å². The first-order chi connectivity index (χ1) is 12.4. The van der Waals surface area contributed by atoms with Gasteiger partial charge in [-0.2, -0.15) is 4.31 Å². The molecule has 1 N–H and O–H groups in total. The Morgan fingerprint density at radius 1 is 1.27 bits per heavy atom. The molecule has 0 unspecified atom stereocenters. The third-order valence-corrected chi connectivity index (χ3v) is 7.25. The van der Waals surface area contributed by atoms with Crippen molar-refractivity contribution in [2.45, 2.75) is 24.7 Å². The van der Waals surface area contributed by atoms with Crippen molar-refractivity contribution in [1.82, 2.24) is 9.29 Å². The second-order valence-electron chi connectivity index (χ2n) is 6.09. The number of nitrogens with zero attached hydrogens (tertiary/aromatic N) is 2. The number of anilines is 1. The molecule has 1 amide bonds. The third kappa shape index (κ3) is 3.02. The number of hydrogen-bond acceptors (Lipinski definition) is 6. The molecule has 0 radical (unpaired) electrons. The number of carbonyl (C=O) groups is 1. The number of amides is 1. The summed E-state index contributed by atoms with van der Waals surface area (Å²) in [5.74, 6) is 0.0954. The van der Waals surface area contributed by atoms with Crippen molar-refractivity contribution in [2.75, 3.05) is 18.4 Å². The van der Waals surface area contributed by atoms with E-state index in [0.29, 0.717) is 35.8 Å². The van der Waals surface area contributed by atoms with Gasteiger partial charge in [0.1, 0.15) is 15.3 Å². The van der Waals surface area contributed by atoms with Crippen LogP contribution in [-0.2, 0) is 10.0 Å². The topological polar surface area (TPSA) is 92.5 Å². The van der Waals surface area contributed by atoms with Crippen LogP contribution in [0.4, 0.5) is 5.69 Å². The zero-order valence-corrected chi connectivity index (χ0v) is 15.7. The molecular formula is C17H17N3O4S2. The Kier molecular flexibility index (Phi) is 4.29. The number of rotatable bonds is 4. The highest BCUT2D eigenvalue weighted by atomic mass is 32.2. The van der Waals surface area contributed by atoms with Gasteiger partial charge < -0.3 is 9.73 Å². The molecule has 7 nitrogen and oxygen atoms in total. The number of hydrogen-bond donors (Lipinski definition) is 1. The molecule has 0 spiro atoms. The zero-order chi connectivity index (χ0) is 18.3. The van der Waals surface area contributed by atoms with Crippen molar-refractivity contribution in [3.05, 3.63) is 40.4 Å². The molecule has 136 valence electrons. The van der Waals surface area contributed by atoms with Gasteiger partial charge in [0.2, 0.25) is 10.0 Å². The van der Waals surface area contributed by atoms with Crippen molar-refractivity contribution in [2.24, 2.45) is 0 Å². The van der Waals surface area contributed by atoms with Gasteiger partial charge in [-0.25, -0.2) is 13.4 Å². The fraction of sp³-hybridized carbons (Fsp3) is 0.294. The van der Waals surface area contributed by atoms with Crippen LogP contribution in [0.3, 0.4) is 0 Å². The van der Waals surface area contributed by atoms with Crippen molar-refractivity contribution in [3.8, 4) is 0 Å². The van der Waals surface area contributed by atoms with E-state index in [1.54, 1.807) is 30.5 Å². The second kappa shape index (κ2) is 6.49. The van der Waals surface area contributed by atoms with Crippen molar-refractivity contribution >= 4 is 44.1 Å². The van der Waals surface area contributed by atoms with Crippen molar-refractivity contribution < 1.29 is 17.6 Å². The number of thiophene rings is 1. The molecule has 26 heavy (non-hydrogen) atoms. The van der Waals surface area contributed by atoms with Crippen LogP contribution >= 0.6 is 11.3 Å². The molecule has 1 aromatic carbocycles. The monoisotopic (exact) mass is 391 g/mol. The fourth-order valence-corrected chi connectivity index (χ4v) is 5.85. The molecule has 2 aromatic heterocycles.